The van der Waals surface area contributed by atoms with E-state index in [0.29, 0.717) is 13.2 Å². The molecule has 0 atom stereocenters. The summed E-state index contributed by atoms with van der Waals surface area (Å²) in [5, 5.41) is 0. The number of nitrogens with one attached hydrogen (secondary N) is 1. The van der Waals surface area contributed by atoms with Gasteiger partial charge in [0.1, 0.15) is 0 Å². The molecule has 6 nitrogen and oxygen atoms in total. The zero-order chi connectivity index (χ0) is 19.2. The molecule has 6 heteroatoms. The zero-order valence-corrected chi connectivity index (χ0v) is 16.3. The average molecular weight is 367 g/mol. The van der Waals surface area contributed by atoms with Crippen LogP contribution < -0.4 is 11.2 Å². The number of aromatic nitrogens is 2. The number of hydrogen-bond donors (Lipinski definition) is 1. The molecule has 0 saturated carbocycles. The molecule has 1 rings (SSSR count). The maximum absolute atomic E-state index is 11.6. The molecule has 0 aliphatic carbocycles. The van der Waals surface area contributed by atoms with Gasteiger partial charge in [-0.25, -0.2) is 4.79 Å². The van der Waals surface area contributed by atoms with Crippen LogP contribution in [0.3, 0.4) is 0 Å². The van der Waals surface area contributed by atoms with Gasteiger partial charge < -0.3 is 9.72 Å². The lowest BCUT2D eigenvalue weighted by atomic mass is 10.1. The third-order valence-corrected chi connectivity index (χ3v) is 4.44. The van der Waals surface area contributed by atoms with E-state index in [1.807, 2.05) is 13.8 Å². The van der Waals surface area contributed by atoms with Crippen LogP contribution in [-0.2, 0) is 16.1 Å². The van der Waals surface area contributed by atoms with Gasteiger partial charge in [0.05, 0.1) is 12.5 Å². The second-order valence-electron chi connectivity index (χ2n) is 7.13. The zero-order valence-electron chi connectivity index (χ0n) is 16.3. The molecule has 1 N–H and O–H groups in total. The van der Waals surface area contributed by atoms with E-state index < -0.39 is 0 Å². The molecule has 0 unspecified atom stereocenters. The van der Waals surface area contributed by atoms with Gasteiger partial charge >= 0.3 is 11.7 Å². The van der Waals surface area contributed by atoms with Crippen molar-refractivity contribution in [2.45, 2.75) is 84.6 Å². The first-order valence-electron chi connectivity index (χ1n) is 9.97. The Bertz CT molecular complexity index is 590. The van der Waals surface area contributed by atoms with Gasteiger partial charge in [0.15, 0.2) is 0 Å². The summed E-state index contributed by atoms with van der Waals surface area (Å²) in [4.78, 5) is 36.9. The molecule has 0 amide bonds. The van der Waals surface area contributed by atoms with E-state index in [4.69, 9.17) is 4.74 Å². The van der Waals surface area contributed by atoms with E-state index in [1.165, 1.54) is 48.9 Å². The van der Waals surface area contributed by atoms with E-state index in [0.717, 1.165) is 32.1 Å². The van der Waals surface area contributed by atoms with E-state index >= 15 is 0 Å². The molecule has 0 bridgehead atoms. The lowest BCUT2D eigenvalue weighted by Gasteiger charge is -2.07. The Morgan fingerprint density at radius 2 is 1.50 bits per heavy atom. The highest BCUT2D eigenvalue weighted by Gasteiger charge is 2.06. The first-order chi connectivity index (χ1) is 12.5. The molecular formula is C20H34N2O4. The van der Waals surface area contributed by atoms with Crippen molar-refractivity contribution in [1.29, 1.82) is 0 Å². The number of aromatic amines is 1. The fraction of sp³-hybridized carbons (Fsp3) is 0.750. The number of H-pyrrole nitrogens is 1. The minimum Gasteiger partial charge on any atom is -0.465 e. The highest BCUT2D eigenvalue weighted by Crippen LogP contribution is 2.11. The molecule has 0 spiro atoms. The second kappa shape index (κ2) is 13.4. The summed E-state index contributed by atoms with van der Waals surface area (Å²) < 4.78 is 6.41. The molecule has 26 heavy (non-hydrogen) atoms. The van der Waals surface area contributed by atoms with Gasteiger partial charge in [0.25, 0.3) is 5.56 Å². The first kappa shape index (κ1) is 22.2. The lowest BCUT2D eigenvalue weighted by Crippen LogP contribution is -2.33. The summed E-state index contributed by atoms with van der Waals surface area (Å²) in [5.41, 5.74) is -0.552. The molecule has 148 valence electrons. The van der Waals surface area contributed by atoms with Gasteiger partial charge in [-0.3, -0.25) is 14.2 Å². The van der Waals surface area contributed by atoms with Crippen molar-refractivity contribution in [1.82, 2.24) is 9.55 Å². The van der Waals surface area contributed by atoms with Crippen molar-refractivity contribution in [2.24, 2.45) is 5.92 Å². The minimum atomic E-state index is -0.323. The second-order valence-corrected chi connectivity index (χ2v) is 7.13. The van der Waals surface area contributed by atoms with Crippen LogP contribution in [0.4, 0.5) is 0 Å². The third-order valence-electron chi connectivity index (χ3n) is 4.44. The van der Waals surface area contributed by atoms with Crippen LogP contribution in [0, 0.1) is 5.92 Å². The third kappa shape index (κ3) is 9.59. The van der Waals surface area contributed by atoms with E-state index in [-0.39, 0.29) is 23.1 Å². The van der Waals surface area contributed by atoms with Crippen LogP contribution in [0.1, 0.15) is 78.1 Å². The van der Waals surface area contributed by atoms with E-state index in [2.05, 4.69) is 4.98 Å². The molecule has 0 saturated heterocycles. The molecule has 1 heterocycles. The number of esters is 1. The van der Waals surface area contributed by atoms with Crippen LogP contribution in [0.2, 0.25) is 0 Å². The quantitative estimate of drug-likeness (QED) is 0.403. The molecule has 0 aliphatic rings. The topological polar surface area (TPSA) is 81.2 Å². The predicted molar refractivity (Wildman–Crippen MR) is 103 cm³/mol. The van der Waals surface area contributed by atoms with Gasteiger partial charge in [-0.05, 0) is 12.8 Å². The van der Waals surface area contributed by atoms with Crippen molar-refractivity contribution in [3.63, 3.8) is 0 Å². The smallest absolute Gasteiger partial charge is 0.328 e. The molecular weight excluding hydrogens is 332 g/mol. The van der Waals surface area contributed by atoms with Gasteiger partial charge in [-0.1, -0.05) is 65.2 Å². The number of unbranched alkanes of at least 4 members (excludes halogenated alkanes) is 9. The highest BCUT2D eigenvalue weighted by molar-refractivity contribution is 5.71. The Morgan fingerprint density at radius 3 is 2.04 bits per heavy atom. The Balaban J connectivity index is 1.89. The largest absolute Gasteiger partial charge is 0.465 e. The van der Waals surface area contributed by atoms with Gasteiger partial charge in [0.2, 0.25) is 0 Å². The SMILES string of the molecule is CC(C)C(=O)OCCCCCCCCCCCCn1c(=O)cc[nH]c1=O. The van der Waals surface area contributed by atoms with Gasteiger partial charge in [0, 0.05) is 18.8 Å². The monoisotopic (exact) mass is 366 g/mol. The average Bonchev–Trinajstić information content (AvgIpc) is 2.60. The molecule has 1 aromatic rings. The first-order valence-corrected chi connectivity index (χ1v) is 9.97. The Hall–Kier alpha value is -1.85. The minimum absolute atomic E-state index is 0.0377. The Morgan fingerprint density at radius 1 is 0.962 bits per heavy atom. The summed E-state index contributed by atoms with van der Waals surface area (Å²) in [6, 6.07) is 1.38. The molecule has 0 aliphatic heterocycles. The summed E-state index contributed by atoms with van der Waals surface area (Å²) in [7, 11) is 0. The van der Waals surface area contributed by atoms with Gasteiger partial charge in [-0.15, -0.1) is 0 Å². The number of ether oxygens (including phenoxy) is 1. The number of carbonyl (C=O) groups is 1. The standard InChI is InChI=1S/C20H34N2O4/c1-17(2)19(24)26-16-12-10-8-6-4-3-5-7-9-11-15-22-18(23)13-14-21-20(22)25/h13-14,17H,3-12,15-16H2,1-2H3,(H,21,25). The molecule has 0 radical (unpaired) electrons. The predicted octanol–water partition coefficient (Wildman–Crippen LogP) is 3.64. The maximum atomic E-state index is 11.6. The lowest BCUT2D eigenvalue weighted by molar-refractivity contribution is -0.147. The van der Waals surface area contributed by atoms with Crippen molar-refractivity contribution < 1.29 is 9.53 Å². The number of rotatable bonds is 14. The van der Waals surface area contributed by atoms with Crippen LogP contribution >= 0.6 is 0 Å². The van der Waals surface area contributed by atoms with Crippen molar-refractivity contribution in [3.8, 4) is 0 Å². The fourth-order valence-electron chi connectivity index (χ4n) is 2.79. The summed E-state index contributed by atoms with van der Waals surface area (Å²) in [6.07, 6.45) is 12.6. The molecule has 0 aromatic carbocycles. The maximum Gasteiger partial charge on any atom is 0.328 e. The molecule has 1 aromatic heterocycles. The van der Waals surface area contributed by atoms with Crippen molar-refractivity contribution in [3.05, 3.63) is 33.1 Å². The van der Waals surface area contributed by atoms with E-state index in [9.17, 15) is 14.4 Å². The highest BCUT2D eigenvalue weighted by atomic mass is 16.5. The van der Waals surface area contributed by atoms with Crippen LogP contribution in [0.15, 0.2) is 21.9 Å². The summed E-state index contributed by atoms with van der Waals surface area (Å²) in [6.45, 7) is 4.74. The number of nitrogens with zero attached hydrogens (tertiary/aromatic N) is 1. The summed E-state index contributed by atoms with van der Waals surface area (Å²) in [5.74, 6) is -0.143. The molecule has 0 fully saturated rings. The fourth-order valence-corrected chi connectivity index (χ4v) is 2.79. The van der Waals surface area contributed by atoms with Crippen LogP contribution in [-0.4, -0.2) is 22.1 Å². The van der Waals surface area contributed by atoms with Crippen LogP contribution in [0.5, 0.6) is 0 Å². The normalized spacial score (nSPS) is 11.0. The summed E-state index contributed by atoms with van der Waals surface area (Å²) >= 11 is 0. The van der Waals surface area contributed by atoms with E-state index in [1.54, 1.807) is 0 Å². The van der Waals surface area contributed by atoms with Crippen molar-refractivity contribution >= 4 is 5.97 Å². The van der Waals surface area contributed by atoms with Gasteiger partial charge in [-0.2, -0.15) is 0 Å². The number of hydrogen-bond acceptors (Lipinski definition) is 4. The van der Waals surface area contributed by atoms with Crippen LogP contribution in [0.25, 0.3) is 0 Å². The Labute approximate surface area is 156 Å². The van der Waals surface area contributed by atoms with Crippen molar-refractivity contribution in [2.75, 3.05) is 6.61 Å². The number of carbonyl (C=O) groups excluding carboxylic acids is 1. The Kier molecular flexibility index (Phi) is 11.4.